The van der Waals surface area contributed by atoms with Crippen LogP contribution in [0.3, 0.4) is 0 Å². The van der Waals surface area contributed by atoms with Crippen molar-refractivity contribution in [2.45, 2.75) is 6.92 Å². The maximum Gasteiger partial charge on any atom is 1.00 e. The van der Waals surface area contributed by atoms with Gasteiger partial charge in [-0.25, -0.2) is 0 Å². The van der Waals surface area contributed by atoms with Crippen molar-refractivity contribution in [2.24, 2.45) is 0 Å². The van der Waals surface area contributed by atoms with Gasteiger partial charge < -0.3 is 45.8 Å². The molecule has 1 aliphatic heterocycles. The van der Waals surface area contributed by atoms with Crippen molar-refractivity contribution in [1.29, 1.82) is 0 Å². The molecule has 0 spiro atoms. The minimum Gasteiger partial charge on any atom is -1.00 e. The molecule has 1 aliphatic rings. The van der Waals surface area contributed by atoms with Gasteiger partial charge in [0.05, 0.1) is 6.67 Å². The van der Waals surface area contributed by atoms with E-state index in [2.05, 4.69) is 36.2 Å². The summed E-state index contributed by atoms with van der Waals surface area (Å²) in [4.78, 5) is 4.41. The Bertz CT molecular complexity index is 228. The average Bonchev–Trinajstić information content (AvgIpc) is 2.44. The molecule has 0 N–H and O–H groups in total. The first-order valence-electron chi connectivity index (χ1n) is 4.70. The molecule has 0 bridgehead atoms. The fourth-order valence-corrected chi connectivity index (χ4v) is 0.794. The van der Waals surface area contributed by atoms with Crippen LogP contribution in [0.15, 0.2) is 12.4 Å². The smallest absolute Gasteiger partial charge is 1.00 e. The van der Waals surface area contributed by atoms with Crippen molar-refractivity contribution < 1.29 is 65.5 Å². The minimum absolute atomic E-state index is 0. The fourth-order valence-electron chi connectivity index (χ4n) is 0.794. The maximum atomic E-state index is 9.75. The predicted molar refractivity (Wildman–Crippen MR) is 55.6 cm³/mol. The summed E-state index contributed by atoms with van der Waals surface area (Å²) in [5, 5.41) is 0. The molecule has 0 atom stereocenters. The third kappa shape index (κ3) is 38.1. The Morgan fingerprint density at radius 2 is 1.26 bits per heavy atom. The third-order valence-electron chi connectivity index (χ3n) is 1.34. The molecule has 112 valence electrons. The van der Waals surface area contributed by atoms with Gasteiger partial charge in [0.2, 0.25) is 0 Å². The number of nitrogens with zero attached hydrogens (tertiary/aromatic N) is 2. The van der Waals surface area contributed by atoms with E-state index >= 15 is 0 Å². The van der Waals surface area contributed by atoms with Crippen LogP contribution < -0.4 is 29.6 Å². The SMILES string of the molecule is CCN1C=CN(C)C1.F[B-](F)(F)F.F[B-](F)(F)F.[H-].[Na+]. The van der Waals surface area contributed by atoms with Crippen molar-refractivity contribution in [3.05, 3.63) is 12.4 Å². The van der Waals surface area contributed by atoms with Gasteiger partial charge in [-0.05, 0) is 6.92 Å². The molecule has 0 radical (unpaired) electrons. The molecule has 0 saturated heterocycles. The zero-order valence-electron chi connectivity index (χ0n) is 11.6. The summed E-state index contributed by atoms with van der Waals surface area (Å²) < 4.78 is 78.0. The molecule has 2 nitrogen and oxygen atoms in total. The van der Waals surface area contributed by atoms with Crippen LogP contribution in [0.5, 0.6) is 0 Å². The van der Waals surface area contributed by atoms with Gasteiger partial charge in [-0.1, -0.05) is 0 Å². The summed E-state index contributed by atoms with van der Waals surface area (Å²) in [5.74, 6) is 0. The van der Waals surface area contributed by atoms with Crippen LogP contribution >= 0.6 is 0 Å². The van der Waals surface area contributed by atoms with E-state index in [1.54, 1.807) is 0 Å². The second-order valence-electron chi connectivity index (χ2n) is 3.09. The van der Waals surface area contributed by atoms with Crippen molar-refractivity contribution >= 4 is 14.5 Å². The molecule has 1 heterocycles. The van der Waals surface area contributed by atoms with Crippen molar-refractivity contribution in [1.82, 2.24) is 9.80 Å². The quantitative estimate of drug-likeness (QED) is 0.511. The van der Waals surface area contributed by atoms with E-state index in [0.29, 0.717) is 0 Å². The van der Waals surface area contributed by atoms with E-state index in [4.69, 9.17) is 0 Å². The van der Waals surface area contributed by atoms with Crippen LogP contribution in [-0.2, 0) is 0 Å². The molecule has 0 amide bonds. The second kappa shape index (κ2) is 10.7. The van der Waals surface area contributed by atoms with Crippen LogP contribution in [0.1, 0.15) is 8.35 Å². The molecule has 0 unspecified atom stereocenters. The first-order chi connectivity index (χ1) is 7.83. The average molecular weight is 310 g/mol. The van der Waals surface area contributed by atoms with Gasteiger partial charge in [-0.3, -0.25) is 0 Å². The number of rotatable bonds is 1. The third-order valence-corrected chi connectivity index (χ3v) is 1.34. The first-order valence-corrected chi connectivity index (χ1v) is 4.70. The van der Waals surface area contributed by atoms with Gasteiger partial charge in [-0.15, -0.1) is 0 Å². The van der Waals surface area contributed by atoms with Gasteiger partial charge in [-0.2, -0.15) is 0 Å². The predicted octanol–water partition coefficient (Wildman–Crippen LogP) is 0.399. The van der Waals surface area contributed by atoms with Crippen LogP contribution in [0.2, 0.25) is 0 Å². The van der Waals surface area contributed by atoms with Crippen LogP contribution in [0, 0.1) is 0 Å². The van der Waals surface area contributed by atoms with Crippen LogP contribution in [0.4, 0.5) is 34.5 Å². The number of hydrogen-bond acceptors (Lipinski definition) is 2. The fraction of sp³-hybridized carbons (Fsp3) is 0.667. The zero-order valence-corrected chi connectivity index (χ0v) is 12.6. The molecule has 0 aromatic rings. The Kier molecular flexibility index (Phi) is 13.5. The van der Waals surface area contributed by atoms with Crippen molar-refractivity contribution in [3.8, 4) is 0 Å². The Labute approximate surface area is 129 Å². The molecule has 0 fully saturated rings. The summed E-state index contributed by atoms with van der Waals surface area (Å²) in [7, 11) is -9.92. The Balaban J connectivity index is -0.0000000960. The van der Waals surface area contributed by atoms with Crippen LogP contribution in [0.25, 0.3) is 0 Å². The van der Waals surface area contributed by atoms with E-state index in [9.17, 15) is 34.5 Å². The summed E-state index contributed by atoms with van der Waals surface area (Å²) >= 11 is 0. The molecule has 19 heavy (non-hydrogen) atoms. The minimum atomic E-state index is -6.00. The molecular weight excluding hydrogens is 297 g/mol. The Hall–Kier alpha value is -0.0901. The normalized spacial score (nSPS) is 14.0. The molecule has 0 saturated carbocycles. The molecular formula is C6H13B2F8N2Na-2. The van der Waals surface area contributed by atoms with Gasteiger partial charge in [0, 0.05) is 26.0 Å². The summed E-state index contributed by atoms with van der Waals surface area (Å²) in [6, 6.07) is 0. The maximum absolute atomic E-state index is 9.75. The summed E-state index contributed by atoms with van der Waals surface area (Å²) in [6.07, 6.45) is 4.20. The molecule has 13 heteroatoms. The van der Waals surface area contributed by atoms with Crippen molar-refractivity contribution in [2.75, 3.05) is 20.3 Å². The van der Waals surface area contributed by atoms with Gasteiger partial charge in [0.1, 0.15) is 0 Å². The van der Waals surface area contributed by atoms with Crippen molar-refractivity contribution in [3.63, 3.8) is 0 Å². The Morgan fingerprint density at radius 3 is 1.37 bits per heavy atom. The van der Waals surface area contributed by atoms with E-state index < -0.39 is 14.5 Å². The van der Waals surface area contributed by atoms with E-state index in [-0.39, 0.29) is 31.0 Å². The Morgan fingerprint density at radius 1 is 0.947 bits per heavy atom. The summed E-state index contributed by atoms with van der Waals surface area (Å²) in [6.45, 7) is 4.32. The molecule has 1 rings (SSSR count). The first kappa shape index (κ1) is 24.0. The second-order valence-corrected chi connectivity index (χ2v) is 3.09. The monoisotopic (exact) mass is 310 g/mol. The van der Waals surface area contributed by atoms with E-state index in [1.165, 1.54) is 0 Å². The standard InChI is InChI=1S/C6H12N2.2BF4.Na.H/c1-3-8-5-4-7(2)6-8;2*2-1(3,4)5;;/h4-5H,3,6H2,1-2H3;;;;/q;2*-1;+1;-1. The van der Waals surface area contributed by atoms with Gasteiger partial charge >= 0.3 is 44.1 Å². The zero-order chi connectivity index (χ0) is 15.0. The topological polar surface area (TPSA) is 6.48 Å². The number of hydrogen-bond donors (Lipinski definition) is 0. The number of halogens is 8. The van der Waals surface area contributed by atoms with Gasteiger partial charge in [0.25, 0.3) is 0 Å². The van der Waals surface area contributed by atoms with Crippen LogP contribution in [-0.4, -0.2) is 44.6 Å². The van der Waals surface area contributed by atoms with Gasteiger partial charge in [0.15, 0.2) is 0 Å². The molecule has 0 aromatic heterocycles. The van der Waals surface area contributed by atoms with E-state index in [0.717, 1.165) is 13.2 Å². The molecule has 0 aromatic carbocycles. The van der Waals surface area contributed by atoms with E-state index in [1.807, 2.05) is 0 Å². The largest absolute Gasteiger partial charge is 1.00 e. The summed E-state index contributed by atoms with van der Waals surface area (Å²) in [5.41, 5.74) is 0. The molecule has 0 aliphatic carbocycles.